The molecule has 0 aromatic heterocycles. The molecule has 1 heterocycles. The molecule has 1 saturated heterocycles. The number of hydrogen-bond acceptors (Lipinski definition) is 3. The van der Waals surface area contributed by atoms with Crippen LogP contribution in [0.2, 0.25) is 0 Å². The van der Waals surface area contributed by atoms with Crippen LogP contribution in [0.3, 0.4) is 0 Å². The standard InChI is InChI=1S/C16H26N2O/c1-13-6-7-16(19)15(10-13)11-17-14(2)12-18-8-4-3-5-9-18/h6-7,10,14,17,19H,3-5,8-9,11-12H2,1-2H3. The topological polar surface area (TPSA) is 35.5 Å². The Labute approximate surface area is 116 Å². The SMILES string of the molecule is Cc1ccc(O)c(CNC(C)CN2CCCCC2)c1. The second kappa shape index (κ2) is 6.92. The maximum Gasteiger partial charge on any atom is 0.120 e. The first kappa shape index (κ1) is 14.4. The zero-order valence-electron chi connectivity index (χ0n) is 12.2. The second-order valence-electron chi connectivity index (χ2n) is 5.78. The van der Waals surface area contributed by atoms with Crippen LogP contribution in [0.25, 0.3) is 0 Å². The Balaban J connectivity index is 1.79. The van der Waals surface area contributed by atoms with Crippen LogP contribution in [0.5, 0.6) is 5.75 Å². The Kier molecular flexibility index (Phi) is 5.23. The Hall–Kier alpha value is -1.06. The minimum Gasteiger partial charge on any atom is -0.508 e. The van der Waals surface area contributed by atoms with Gasteiger partial charge in [0.05, 0.1) is 0 Å². The molecule has 1 fully saturated rings. The van der Waals surface area contributed by atoms with Crippen LogP contribution in [-0.4, -0.2) is 35.7 Å². The Morgan fingerprint density at radius 2 is 2.00 bits per heavy atom. The molecule has 3 nitrogen and oxygen atoms in total. The van der Waals surface area contributed by atoms with E-state index in [0.29, 0.717) is 11.8 Å². The number of nitrogens with zero attached hydrogens (tertiary/aromatic N) is 1. The van der Waals surface area contributed by atoms with E-state index in [1.165, 1.54) is 37.9 Å². The lowest BCUT2D eigenvalue weighted by atomic mass is 10.1. The zero-order valence-corrected chi connectivity index (χ0v) is 12.2. The molecule has 1 aliphatic rings. The van der Waals surface area contributed by atoms with Gasteiger partial charge < -0.3 is 15.3 Å². The summed E-state index contributed by atoms with van der Waals surface area (Å²) in [5.41, 5.74) is 2.18. The number of aryl methyl sites for hydroxylation is 1. The van der Waals surface area contributed by atoms with E-state index in [9.17, 15) is 5.11 Å². The van der Waals surface area contributed by atoms with Crippen molar-refractivity contribution in [3.05, 3.63) is 29.3 Å². The van der Waals surface area contributed by atoms with E-state index < -0.39 is 0 Å². The van der Waals surface area contributed by atoms with Crippen LogP contribution in [0.15, 0.2) is 18.2 Å². The molecular formula is C16H26N2O. The highest BCUT2D eigenvalue weighted by atomic mass is 16.3. The minimum absolute atomic E-state index is 0.392. The summed E-state index contributed by atoms with van der Waals surface area (Å²) in [7, 11) is 0. The molecule has 0 radical (unpaired) electrons. The normalized spacial score (nSPS) is 18.4. The number of benzene rings is 1. The van der Waals surface area contributed by atoms with Crippen LogP contribution >= 0.6 is 0 Å². The Bertz CT molecular complexity index is 400. The fourth-order valence-corrected chi connectivity index (χ4v) is 2.73. The summed E-state index contributed by atoms with van der Waals surface area (Å²) in [6, 6.07) is 6.23. The average molecular weight is 262 g/mol. The van der Waals surface area contributed by atoms with E-state index in [1.807, 2.05) is 6.07 Å². The molecule has 1 aromatic rings. The second-order valence-corrected chi connectivity index (χ2v) is 5.78. The van der Waals surface area contributed by atoms with Crippen LogP contribution in [0.4, 0.5) is 0 Å². The van der Waals surface area contributed by atoms with Crippen molar-refractivity contribution in [2.24, 2.45) is 0 Å². The third-order valence-electron chi connectivity index (χ3n) is 3.86. The number of hydrogen-bond donors (Lipinski definition) is 2. The van der Waals surface area contributed by atoms with Gasteiger partial charge in [-0.3, -0.25) is 0 Å². The fourth-order valence-electron chi connectivity index (χ4n) is 2.73. The number of phenols is 1. The van der Waals surface area contributed by atoms with E-state index in [4.69, 9.17) is 0 Å². The van der Waals surface area contributed by atoms with Crippen molar-refractivity contribution in [3.8, 4) is 5.75 Å². The van der Waals surface area contributed by atoms with E-state index in [2.05, 4.69) is 30.1 Å². The van der Waals surface area contributed by atoms with Crippen LogP contribution in [0, 0.1) is 6.92 Å². The number of likely N-dealkylation sites (tertiary alicyclic amines) is 1. The summed E-state index contributed by atoms with van der Waals surface area (Å²) in [5, 5.41) is 13.3. The first-order valence-corrected chi connectivity index (χ1v) is 7.39. The molecule has 1 aromatic carbocycles. The van der Waals surface area contributed by atoms with Gasteiger partial charge in [0.1, 0.15) is 5.75 Å². The third-order valence-corrected chi connectivity index (χ3v) is 3.86. The van der Waals surface area contributed by atoms with Gasteiger partial charge in [-0.25, -0.2) is 0 Å². The zero-order chi connectivity index (χ0) is 13.7. The van der Waals surface area contributed by atoms with Crippen molar-refractivity contribution < 1.29 is 5.11 Å². The number of rotatable bonds is 5. The Morgan fingerprint density at radius 3 is 2.74 bits per heavy atom. The van der Waals surface area contributed by atoms with Crippen molar-refractivity contribution >= 4 is 0 Å². The predicted molar refractivity (Wildman–Crippen MR) is 79.4 cm³/mol. The molecule has 19 heavy (non-hydrogen) atoms. The highest BCUT2D eigenvalue weighted by Crippen LogP contribution is 2.18. The minimum atomic E-state index is 0.392. The molecule has 0 amide bonds. The lowest BCUT2D eigenvalue weighted by Crippen LogP contribution is -2.41. The summed E-state index contributed by atoms with van der Waals surface area (Å²) in [5.74, 6) is 0.392. The highest BCUT2D eigenvalue weighted by Gasteiger charge is 2.13. The molecule has 0 spiro atoms. The van der Waals surface area contributed by atoms with Crippen molar-refractivity contribution in [1.82, 2.24) is 10.2 Å². The Morgan fingerprint density at radius 1 is 1.26 bits per heavy atom. The molecular weight excluding hydrogens is 236 g/mol. The third kappa shape index (κ3) is 4.51. The van der Waals surface area contributed by atoms with Gasteiger partial charge in [-0.1, -0.05) is 24.1 Å². The number of phenolic OH excluding ortho intramolecular Hbond substituents is 1. The summed E-state index contributed by atoms with van der Waals surface area (Å²) >= 11 is 0. The van der Waals surface area contributed by atoms with Gasteiger partial charge in [0, 0.05) is 24.7 Å². The molecule has 3 heteroatoms. The fraction of sp³-hybridized carbons (Fsp3) is 0.625. The molecule has 1 unspecified atom stereocenters. The van der Waals surface area contributed by atoms with E-state index in [0.717, 1.165) is 18.7 Å². The number of nitrogens with one attached hydrogen (secondary N) is 1. The van der Waals surface area contributed by atoms with Crippen LogP contribution in [0.1, 0.15) is 37.3 Å². The van der Waals surface area contributed by atoms with Crippen LogP contribution in [-0.2, 0) is 6.54 Å². The highest BCUT2D eigenvalue weighted by molar-refractivity contribution is 5.35. The first-order valence-electron chi connectivity index (χ1n) is 7.39. The summed E-state index contributed by atoms with van der Waals surface area (Å²) < 4.78 is 0. The van der Waals surface area contributed by atoms with Gasteiger partial charge in [0.25, 0.3) is 0 Å². The lowest BCUT2D eigenvalue weighted by molar-refractivity contribution is 0.208. The summed E-state index contributed by atoms with van der Waals surface area (Å²) in [6.45, 7) is 8.60. The molecule has 2 N–H and O–H groups in total. The molecule has 0 aliphatic carbocycles. The molecule has 106 valence electrons. The predicted octanol–water partition coefficient (Wildman–Crippen LogP) is 2.66. The maximum absolute atomic E-state index is 9.82. The maximum atomic E-state index is 9.82. The number of piperidine rings is 1. The number of aromatic hydroxyl groups is 1. The largest absolute Gasteiger partial charge is 0.508 e. The lowest BCUT2D eigenvalue weighted by Gasteiger charge is -2.29. The van der Waals surface area contributed by atoms with Gasteiger partial charge in [0.2, 0.25) is 0 Å². The first-order chi connectivity index (χ1) is 9.15. The molecule has 1 aliphatic heterocycles. The summed E-state index contributed by atoms with van der Waals surface area (Å²) in [4.78, 5) is 2.54. The van der Waals surface area contributed by atoms with Gasteiger partial charge in [-0.2, -0.15) is 0 Å². The van der Waals surface area contributed by atoms with Crippen molar-refractivity contribution in [2.45, 2.75) is 45.7 Å². The molecule has 0 bridgehead atoms. The summed E-state index contributed by atoms with van der Waals surface area (Å²) in [6.07, 6.45) is 4.06. The van der Waals surface area contributed by atoms with Gasteiger partial charge in [-0.05, 0) is 45.8 Å². The smallest absolute Gasteiger partial charge is 0.120 e. The van der Waals surface area contributed by atoms with Crippen molar-refractivity contribution in [1.29, 1.82) is 0 Å². The molecule has 1 atom stereocenters. The van der Waals surface area contributed by atoms with Crippen LogP contribution < -0.4 is 5.32 Å². The van der Waals surface area contributed by atoms with Gasteiger partial charge in [0.15, 0.2) is 0 Å². The van der Waals surface area contributed by atoms with Gasteiger partial charge >= 0.3 is 0 Å². The average Bonchev–Trinajstić information content (AvgIpc) is 2.41. The van der Waals surface area contributed by atoms with E-state index in [-0.39, 0.29) is 0 Å². The van der Waals surface area contributed by atoms with Crippen molar-refractivity contribution in [2.75, 3.05) is 19.6 Å². The van der Waals surface area contributed by atoms with E-state index in [1.54, 1.807) is 6.07 Å². The molecule has 0 saturated carbocycles. The molecule has 2 rings (SSSR count). The monoisotopic (exact) mass is 262 g/mol. The van der Waals surface area contributed by atoms with Gasteiger partial charge in [-0.15, -0.1) is 0 Å². The quantitative estimate of drug-likeness (QED) is 0.856. The van der Waals surface area contributed by atoms with Crippen molar-refractivity contribution in [3.63, 3.8) is 0 Å². The van der Waals surface area contributed by atoms with E-state index >= 15 is 0 Å².